The zero-order chi connectivity index (χ0) is 15.7. The van der Waals surface area contributed by atoms with Crippen molar-refractivity contribution in [1.29, 1.82) is 0 Å². The van der Waals surface area contributed by atoms with Gasteiger partial charge in [-0.15, -0.1) is 0 Å². The summed E-state index contributed by atoms with van der Waals surface area (Å²) in [6.07, 6.45) is -0.196. The summed E-state index contributed by atoms with van der Waals surface area (Å²) in [5, 5.41) is 21.8. The highest BCUT2D eigenvalue weighted by Gasteiger charge is 2.34. The fourth-order valence-electron chi connectivity index (χ4n) is 3.83. The molecule has 0 aliphatic heterocycles. The van der Waals surface area contributed by atoms with Gasteiger partial charge in [-0.25, -0.2) is 4.39 Å². The molecule has 2 nitrogen and oxygen atoms in total. The molecule has 3 aromatic rings. The number of hydrogen-bond acceptors (Lipinski definition) is 2. The van der Waals surface area contributed by atoms with Crippen molar-refractivity contribution in [3.05, 3.63) is 77.1 Å². The Morgan fingerprint density at radius 1 is 0.870 bits per heavy atom. The quantitative estimate of drug-likeness (QED) is 0.519. The van der Waals surface area contributed by atoms with Crippen molar-refractivity contribution in [3.8, 4) is 11.1 Å². The van der Waals surface area contributed by atoms with Crippen molar-refractivity contribution in [2.24, 2.45) is 0 Å². The zero-order valence-corrected chi connectivity index (χ0v) is 12.1. The van der Waals surface area contributed by atoms with E-state index in [-0.39, 0.29) is 5.82 Å². The summed E-state index contributed by atoms with van der Waals surface area (Å²) in [5.41, 5.74) is 5.53. The van der Waals surface area contributed by atoms with Crippen molar-refractivity contribution >= 4 is 16.3 Å². The molecule has 0 aromatic heterocycles. The van der Waals surface area contributed by atoms with Crippen molar-refractivity contribution in [2.75, 3.05) is 0 Å². The molecule has 2 N–H and O–H groups in total. The molecule has 0 saturated carbocycles. The van der Waals surface area contributed by atoms with Gasteiger partial charge in [0.05, 0.1) is 0 Å². The molecule has 5 rings (SSSR count). The lowest BCUT2D eigenvalue weighted by Crippen LogP contribution is -2.20. The van der Waals surface area contributed by atoms with Crippen LogP contribution in [0.25, 0.3) is 27.5 Å². The third-order valence-corrected chi connectivity index (χ3v) is 4.89. The average Bonchev–Trinajstić information content (AvgIpc) is 2.86. The van der Waals surface area contributed by atoms with Crippen LogP contribution < -0.4 is 0 Å². The Morgan fingerprint density at radius 3 is 2.57 bits per heavy atom. The first-order valence-electron chi connectivity index (χ1n) is 7.59. The van der Waals surface area contributed by atoms with Crippen molar-refractivity contribution < 1.29 is 14.6 Å². The largest absolute Gasteiger partial charge is 0.386 e. The van der Waals surface area contributed by atoms with Crippen LogP contribution in [0.1, 0.15) is 22.8 Å². The summed E-state index contributed by atoms with van der Waals surface area (Å²) in [6, 6.07) is 14.6. The van der Waals surface area contributed by atoms with Gasteiger partial charge in [0.25, 0.3) is 0 Å². The Kier molecular flexibility index (Phi) is 2.42. The summed E-state index contributed by atoms with van der Waals surface area (Å²) >= 11 is 0. The van der Waals surface area contributed by atoms with E-state index >= 15 is 0 Å². The molecule has 2 atom stereocenters. The molecule has 0 amide bonds. The molecular weight excluding hydrogens is 291 g/mol. The zero-order valence-electron chi connectivity index (χ0n) is 12.1. The van der Waals surface area contributed by atoms with Crippen LogP contribution in [0.5, 0.6) is 0 Å². The molecule has 2 aliphatic rings. The lowest BCUT2D eigenvalue weighted by Gasteiger charge is -2.24. The first-order chi connectivity index (χ1) is 11.1. The van der Waals surface area contributed by atoms with Crippen LogP contribution in [0.15, 0.2) is 54.6 Å². The van der Waals surface area contributed by atoms with E-state index in [0.29, 0.717) is 5.39 Å². The molecule has 0 saturated heterocycles. The van der Waals surface area contributed by atoms with Gasteiger partial charge in [0.2, 0.25) is 0 Å². The van der Waals surface area contributed by atoms with Crippen LogP contribution in [-0.4, -0.2) is 16.3 Å². The summed E-state index contributed by atoms with van der Waals surface area (Å²) in [6.45, 7) is 0. The van der Waals surface area contributed by atoms with E-state index in [0.717, 1.165) is 38.8 Å². The number of halogens is 1. The second kappa shape index (κ2) is 4.28. The predicted octanol–water partition coefficient (Wildman–Crippen LogP) is 3.80. The minimum Gasteiger partial charge on any atom is -0.386 e. The average molecular weight is 304 g/mol. The molecule has 3 heteroatoms. The van der Waals surface area contributed by atoms with Crippen LogP contribution in [-0.2, 0) is 0 Å². The third-order valence-electron chi connectivity index (χ3n) is 4.89. The van der Waals surface area contributed by atoms with E-state index < -0.39 is 12.2 Å². The van der Waals surface area contributed by atoms with E-state index in [9.17, 15) is 14.6 Å². The van der Waals surface area contributed by atoms with Gasteiger partial charge in [0, 0.05) is 5.39 Å². The Balaban J connectivity index is 1.92. The van der Waals surface area contributed by atoms with E-state index in [1.165, 1.54) is 6.07 Å². The molecule has 3 aromatic carbocycles. The number of rotatable bonds is 0. The number of fused-ring (bicyclic) bond motifs is 4. The van der Waals surface area contributed by atoms with Crippen LogP contribution in [0.2, 0.25) is 0 Å². The van der Waals surface area contributed by atoms with Gasteiger partial charge >= 0.3 is 0 Å². The summed E-state index contributed by atoms with van der Waals surface area (Å²) in [4.78, 5) is 0. The molecule has 112 valence electrons. The van der Waals surface area contributed by atoms with E-state index in [2.05, 4.69) is 0 Å². The summed E-state index contributed by atoms with van der Waals surface area (Å²) < 4.78 is 14.1. The topological polar surface area (TPSA) is 40.5 Å². The summed E-state index contributed by atoms with van der Waals surface area (Å²) in [7, 11) is 0. The molecule has 0 fully saturated rings. The van der Waals surface area contributed by atoms with Crippen molar-refractivity contribution in [1.82, 2.24) is 0 Å². The van der Waals surface area contributed by atoms with Crippen LogP contribution >= 0.6 is 0 Å². The maximum Gasteiger partial charge on any atom is 0.131 e. The Bertz CT molecular complexity index is 1020. The number of hydrogen-bond donors (Lipinski definition) is 2. The van der Waals surface area contributed by atoms with Crippen molar-refractivity contribution in [3.63, 3.8) is 0 Å². The molecule has 2 unspecified atom stereocenters. The molecule has 0 bridgehead atoms. The van der Waals surface area contributed by atoms with Crippen LogP contribution in [0.3, 0.4) is 0 Å². The molecule has 0 spiro atoms. The second-order valence-corrected chi connectivity index (χ2v) is 6.14. The molecule has 0 heterocycles. The first-order valence-corrected chi connectivity index (χ1v) is 7.59. The number of benzene rings is 3. The van der Waals surface area contributed by atoms with E-state index in [1.807, 2.05) is 36.4 Å². The highest BCUT2D eigenvalue weighted by molar-refractivity contribution is 6.07. The highest BCUT2D eigenvalue weighted by atomic mass is 19.1. The van der Waals surface area contributed by atoms with Gasteiger partial charge in [0.15, 0.2) is 0 Å². The fraction of sp³-hybridized carbons (Fsp3) is 0.100. The molecule has 2 aliphatic carbocycles. The normalized spacial score (nSPS) is 21.1. The maximum absolute atomic E-state index is 14.1. The lowest BCUT2D eigenvalue weighted by molar-refractivity contribution is 0.0467. The predicted molar refractivity (Wildman–Crippen MR) is 87.4 cm³/mol. The standard InChI is InChI=1S/C20H13FO2/c21-17-6-1-3-10-7-14-11-4-2-5-12-19(11)16(9-18(22)20(12)23)15(14)8-13(10)17/h1-9,18,20,22-23H. The maximum atomic E-state index is 14.1. The molecule has 0 radical (unpaired) electrons. The first kappa shape index (κ1) is 13.0. The molecule has 23 heavy (non-hydrogen) atoms. The van der Waals surface area contributed by atoms with Gasteiger partial charge < -0.3 is 10.2 Å². The minimum atomic E-state index is -0.949. The summed E-state index contributed by atoms with van der Waals surface area (Å²) in [5.74, 6) is -0.251. The molecular formula is C20H13FO2. The fourth-order valence-corrected chi connectivity index (χ4v) is 3.83. The second-order valence-electron chi connectivity index (χ2n) is 6.14. The Labute approximate surface area is 132 Å². The Hall–Kier alpha value is -2.49. The monoisotopic (exact) mass is 304 g/mol. The van der Waals surface area contributed by atoms with Crippen LogP contribution in [0, 0.1) is 5.82 Å². The third kappa shape index (κ3) is 1.58. The van der Waals surface area contributed by atoms with Crippen molar-refractivity contribution in [2.45, 2.75) is 12.2 Å². The van der Waals surface area contributed by atoms with Gasteiger partial charge in [0.1, 0.15) is 18.0 Å². The van der Waals surface area contributed by atoms with Gasteiger partial charge in [-0.1, -0.05) is 30.3 Å². The SMILES string of the molecule is OC1C=C2c3cc4c(F)cccc4cc3-c3cccc(c32)C1O. The number of aliphatic hydroxyl groups is 2. The highest BCUT2D eigenvalue weighted by Crippen LogP contribution is 2.51. The van der Waals surface area contributed by atoms with Crippen LogP contribution in [0.4, 0.5) is 4.39 Å². The van der Waals surface area contributed by atoms with E-state index in [4.69, 9.17) is 0 Å². The van der Waals surface area contributed by atoms with E-state index in [1.54, 1.807) is 12.1 Å². The number of aliphatic hydroxyl groups excluding tert-OH is 2. The van der Waals surface area contributed by atoms with Gasteiger partial charge in [-0.3, -0.25) is 0 Å². The lowest BCUT2D eigenvalue weighted by atomic mass is 9.86. The van der Waals surface area contributed by atoms with Gasteiger partial charge in [-0.05, 0) is 63.1 Å². The minimum absolute atomic E-state index is 0.251. The Morgan fingerprint density at radius 2 is 1.70 bits per heavy atom. The smallest absolute Gasteiger partial charge is 0.131 e. The van der Waals surface area contributed by atoms with Gasteiger partial charge in [-0.2, -0.15) is 0 Å².